The van der Waals surface area contributed by atoms with Gasteiger partial charge in [-0.3, -0.25) is 47.9 Å². The number of aromatic nitrogens is 5. The Hall–Kier alpha value is -20.9. The third-order valence-corrected chi connectivity index (χ3v) is 30.6. The second kappa shape index (κ2) is 30.8. The first-order valence-corrected chi connectivity index (χ1v) is 49.0. The molecule has 35 aromatic rings. The minimum Gasteiger partial charge on any atom is -0.456 e. The Bertz CT molecular complexity index is 12800. The van der Waals surface area contributed by atoms with E-state index in [4.69, 9.17) is 22.1 Å². The van der Waals surface area contributed by atoms with Crippen molar-refractivity contribution in [2.45, 2.75) is 0 Å². The second-order valence-electron chi connectivity index (χ2n) is 38.3. The van der Waals surface area contributed by atoms with Crippen LogP contribution in [0.3, 0.4) is 0 Å². The third kappa shape index (κ3) is 11.3. The maximum Gasteiger partial charge on any atom is 0.201 e. The van der Waals surface area contributed by atoms with Gasteiger partial charge in [0.15, 0.2) is 54.4 Å². The highest BCUT2D eigenvalue weighted by Gasteiger charge is 2.29. The van der Waals surface area contributed by atoms with Gasteiger partial charge in [-0.15, -0.1) is 0 Å². The van der Waals surface area contributed by atoms with Crippen LogP contribution in [0.4, 0.5) is 0 Å². The average molecular weight is 1940 g/mol. The summed E-state index contributed by atoms with van der Waals surface area (Å²) in [6, 6.07) is 123. The number of hydrogen-bond donors (Lipinski definition) is 0. The molecule has 0 saturated heterocycles. The Labute approximate surface area is 835 Å². The molecule has 0 amide bonds. The minimum atomic E-state index is -0.116. The molecule has 0 aliphatic heterocycles. The lowest BCUT2D eigenvalue weighted by Gasteiger charge is -2.14. The summed E-state index contributed by atoms with van der Waals surface area (Å²) >= 11 is 0. The molecule has 35 rings (SSSR count). The van der Waals surface area contributed by atoms with Crippen LogP contribution in [-0.4, -0.2) is 22.0 Å². The summed E-state index contributed by atoms with van der Waals surface area (Å²) < 4.78 is 40.8. The lowest BCUT2D eigenvalue weighted by molar-refractivity contribution is 0.669. The van der Waals surface area contributed by atoms with Gasteiger partial charge in [0.1, 0.15) is 55.8 Å². The summed E-state index contributed by atoms with van der Waals surface area (Å²) in [4.78, 5) is 134. The highest BCUT2D eigenvalue weighted by molar-refractivity contribution is 6.25. The summed E-state index contributed by atoms with van der Waals surface area (Å²) in [5.41, 5.74) is 17.4. The van der Waals surface area contributed by atoms with Crippen molar-refractivity contribution in [2.75, 3.05) is 0 Å². The second-order valence-corrected chi connectivity index (χ2v) is 38.3. The summed E-state index contributed by atoms with van der Waals surface area (Å²) in [6.07, 6.45) is 0. The number of pyridine rings is 10. The minimum absolute atomic E-state index is 0.0511. The SMILES string of the molecule is O=c1c2ccccc2n2c3c1cccc3c(=O)c1ccc3c4ccccc4oc3c12.O=c1c2ccccc2n2c3cc4c(cc3c(=O)c3cccc1c32)oc1ccccc14.O=c1c2ccccc2n2c3cc4oc5ccccc5c4cc3c(=O)c3cccc1c32.O=c1c2ccccc2n2c3ccc4c5ccccc5oc4c3c(=O)c3cccc1c32.O=c1c2ccccc2n2c3ccc4oc5ccccc5c4c3c(=O)c3cccc1c32. The van der Waals surface area contributed by atoms with Crippen molar-refractivity contribution in [1.29, 1.82) is 0 Å². The van der Waals surface area contributed by atoms with Crippen LogP contribution in [0.2, 0.25) is 0 Å². The number of hydrogen-bond acceptors (Lipinski definition) is 15. The summed E-state index contributed by atoms with van der Waals surface area (Å²) in [6.45, 7) is 0. The molecule has 20 aromatic carbocycles. The van der Waals surface area contributed by atoms with Crippen molar-refractivity contribution in [3.8, 4) is 0 Å². The van der Waals surface area contributed by atoms with Gasteiger partial charge in [-0.2, -0.15) is 0 Å². The molecule has 700 valence electrons. The molecule has 0 atom stereocenters. The Balaban J connectivity index is 0.0000000844. The molecule has 20 nitrogen and oxygen atoms in total. The fraction of sp³-hybridized carbons (Fsp3) is 0. The molecule has 0 radical (unpaired) electrons. The van der Waals surface area contributed by atoms with E-state index in [0.717, 1.165) is 137 Å². The zero-order valence-electron chi connectivity index (χ0n) is 78.4. The van der Waals surface area contributed by atoms with E-state index in [1.165, 1.54) is 0 Å². The predicted molar refractivity (Wildman–Crippen MR) is 605 cm³/mol. The zero-order valence-corrected chi connectivity index (χ0v) is 78.4. The van der Waals surface area contributed by atoms with E-state index in [-0.39, 0.29) is 54.3 Å². The van der Waals surface area contributed by atoms with Crippen LogP contribution < -0.4 is 54.3 Å². The van der Waals surface area contributed by atoms with Gasteiger partial charge in [0.25, 0.3) is 0 Å². The molecular formula is C130H65N5O15. The van der Waals surface area contributed by atoms with Gasteiger partial charge in [0.05, 0.1) is 98.8 Å². The predicted octanol–water partition coefficient (Wildman–Crippen LogP) is 27.3. The van der Waals surface area contributed by atoms with E-state index in [2.05, 4.69) is 8.80 Å². The topological polar surface area (TPSA) is 258 Å². The number of rotatable bonds is 0. The maximum atomic E-state index is 13.7. The lowest BCUT2D eigenvalue weighted by atomic mass is 10.0. The Morgan fingerprint density at radius 1 is 0.120 bits per heavy atom. The van der Waals surface area contributed by atoms with Gasteiger partial charge in [-0.25, -0.2) is 0 Å². The number of benzene rings is 20. The Morgan fingerprint density at radius 3 is 0.807 bits per heavy atom. The van der Waals surface area contributed by atoms with Crippen LogP contribution in [0.1, 0.15) is 0 Å². The fourth-order valence-electron chi connectivity index (χ4n) is 24.2. The molecule has 20 heteroatoms. The first-order valence-electron chi connectivity index (χ1n) is 49.0. The molecule has 0 fully saturated rings. The summed E-state index contributed by atoms with van der Waals surface area (Å²) in [5, 5.41) is 21.0. The van der Waals surface area contributed by atoms with Gasteiger partial charge >= 0.3 is 0 Å². The Morgan fingerprint density at radius 2 is 0.373 bits per heavy atom. The van der Waals surface area contributed by atoms with Gasteiger partial charge in [-0.05, 0) is 206 Å². The molecule has 0 saturated carbocycles. The summed E-state index contributed by atoms with van der Waals surface area (Å²) in [5.74, 6) is 0. The van der Waals surface area contributed by atoms with Crippen molar-refractivity contribution >= 4 is 300 Å². The monoisotopic (exact) mass is 1940 g/mol. The van der Waals surface area contributed by atoms with E-state index in [1.54, 1.807) is 91.0 Å². The van der Waals surface area contributed by atoms with Crippen LogP contribution in [0.25, 0.3) is 300 Å². The zero-order chi connectivity index (χ0) is 99.9. The molecule has 0 aliphatic carbocycles. The van der Waals surface area contributed by atoms with E-state index in [0.29, 0.717) is 163 Å². The smallest absolute Gasteiger partial charge is 0.201 e. The maximum absolute atomic E-state index is 13.7. The quantitative estimate of drug-likeness (QED) is 0.101. The van der Waals surface area contributed by atoms with Gasteiger partial charge in [-0.1, -0.05) is 182 Å². The summed E-state index contributed by atoms with van der Waals surface area (Å²) in [7, 11) is 0. The van der Waals surface area contributed by atoms with Crippen LogP contribution in [-0.2, 0) is 0 Å². The van der Waals surface area contributed by atoms with Gasteiger partial charge in [0, 0.05) is 146 Å². The van der Waals surface area contributed by atoms with Crippen LogP contribution in [0, 0.1) is 0 Å². The number of furan rings is 5. The van der Waals surface area contributed by atoms with Crippen LogP contribution >= 0.6 is 0 Å². The number of para-hydroxylation sites is 15. The molecule has 0 spiro atoms. The molecular weight excluding hydrogens is 1870 g/mol. The van der Waals surface area contributed by atoms with Gasteiger partial charge in [0.2, 0.25) is 5.43 Å². The van der Waals surface area contributed by atoms with Gasteiger partial charge < -0.3 is 44.1 Å². The van der Waals surface area contributed by atoms with E-state index in [1.807, 2.05) is 317 Å². The van der Waals surface area contributed by atoms with Crippen molar-refractivity contribution in [1.82, 2.24) is 22.0 Å². The normalized spacial score (nSPS) is 12.3. The number of fused-ring (bicyclic) bond motifs is 38. The van der Waals surface area contributed by atoms with Crippen LogP contribution in [0.15, 0.2) is 464 Å². The third-order valence-electron chi connectivity index (χ3n) is 30.6. The van der Waals surface area contributed by atoms with E-state index < -0.39 is 0 Å². The first kappa shape index (κ1) is 83.7. The Kier molecular flexibility index (Phi) is 17.2. The highest BCUT2D eigenvalue weighted by atomic mass is 16.3. The first-order chi connectivity index (χ1) is 73.7. The fourth-order valence-corrected chi connectivity index (χ4v) is 24.2. The highest BCUT2D eigenvalue weighted by Crippen LogP contribution is 2.44. The molecule has 0 unspecified atom stereocenters. The molecule has 150 heavy (non-hydrogen) atoms. The molecule has 0 N–H and O–H groups in total. The largest absolute Gasteiger partial charge is 0.456 e. The molecule has 15 heterocycles. The van der Waals surface area contributed by atoms with Crippen LogP contribution in [0.5, 0.6) is 0 Å². The molecule has 0 aliphatic rings. The number of nitrogens with zero attached hydrogens (tertiary/aromatic N) is 5. The van der Waals surface area contributed by atoms with E-state index >= 15 is 0 Å². The van der Waals surface area contributed by atoms with Crippen molar-refractivity contribution < 1.29 is 22.1 Å². The van der Waals surface area contributed by atoms with Crippen molar-refractivity contribution in [3.05, 3.63) is 497 Å². The van der Waals surface area contributed by atoms with Crippen molar-refractivity contribution in [3.63, 3.8) is 0 Å². The molecule has 0 bridgehead atoms. The lowest BCUT2D eigenvalue weighted by Crippen LogP contribution is -2.14. The standard InChI is InChI=1S/5C26H13NO3/c28-25-15-7-1-3-10-20(15)27-21-12-18-14-6-2-4-11-22(14)30-23(18)13-19(21)26(29)17-9-5-8-16(25)24(17)27;28-25-15-7-1-3-10-20(15)27-21-13-23-18(14-6-2-4-11-22(14)30-23)12-19(21)26(29)17-9-5-8-16(25)24(17)27;28-24-16-7-1-3-10-20(16)27-22-17(24)8-5-9-18(22)25(29)19-13-12-15-14-6-2-4-11-21(14)30-26(15)23(19)27;28-24-16-7-1-3-10-19(16)27-20-13-12-15-14-6-2-4-11-21(14)30-26(15)22(20)25(29)18-9-5-8-17(24)23(18)27;28-25-14-6-1-3-10-18(14)27-19-12-13-21-22(15-7-2-4-11-20(15)30-21)23(19)26(29)17-9-5-8-16(25)24(17)27/h5*1-13H. The van der Waals surface area contributed by atoms with E-state index in [9.17, 15) is 47.9 Å². The molecule has 15 aromatic heterocycles. The average Bonchev–Trinajstić information content (AvgIpc) is 1.31. The van der Waals surface area contributed by atoms with Crippen molar-refractivity contribution in [2.24, 2.45) is 0 Å².